The van der Waals surface area contributed by atoms with Gasteiger partial charge in [-0.05, 0) is 75.9 Å². The third-order valence-electron chi connectivity index (χ3n) is 6.90. The highest BCUT2D eigenvalue weighted by Crippen LogP contribution is 2.26. The molecule has 0 bridgehead atoms. The summed E-state index contributed by atoms with van der Waals surface area (Å²) in [4.78, 5) is 30.9. The molecule has 1 N–H and O–H groups in total. The van der Waals surface area contributed by atoms with Crippen LogP contribution in [0.5, 0.6) is 0 Å². The van der Waals surface area contributed by atoms with Gasteiger partial charge in [0.2, 0.25) is 5.91 Å². The summed E-state index contributed by atoms with van der Waals surface area (Å²) >= 11 is 0. The lowest BCUT2D eigenvalue weighted by Gasteiger charge is -2.42. The Morgan fingerprint density at radius 1 is 0.897 bits per heavy atom. The SMILES string of the molecule is O=C(O)c1ccc(CN2CCC(N3CCCC(C(=O)N4CCCC4)C3)CC2)cc1. The van der Waals surface area contributed by atoms with E-state index in [2.05, 4.69) is 14.7 Å². The predicted molar refractivity (Wildman–Crippen MR) is 112 cm³/mol. The molecule has 1 aromatic carbocycles. The zero-order chi connectivity index (χ0) is 20.2. The summed E-state index contributed by atoms with van der Waals surface area (Å²) in [6, 6.07) is 7.82. The minimum Gasteiger partial charge on any atom is -0.478 e. The smallest absolute Gasteiger partial charge is 0.335 e. The van der Waals surface area contributed by atoms with Crippen molar-refractivity contribution in [1.82, 2.24) is 14.7 Å². The minimum absolute atomic E-state index is 0.202. The van der Waals surface area contributed by atoms with Crippen LogP contribution in [0.25, 0.3) is 0 Å². The molecule has 3 heterocycles. The monoisotopic (exact) mass is 399 g/mol. The quantitative estimate of drug-likeness (QED) is 0.825. The number of carboxylic acids is 1. The minimum atomic E-state index is -0.875. The Balaban J connectivity index is 1.25. The molecular weight excluding hydrogens is 366 g/mol. The summed E-state index contributed by atoms with van der Waals surface area (Å²) in [5.74, 6) is -0.275. The lowest BCUT2D eigenvalue weighted by atomic mass is 9.93. The van der Waals surface area contributed by atoms with Gasteiger partial charge in [-0.3, -0.25) is 14.6 Å². The van der Waals surface area contributed by atoms with Crippen molar-refractivity contribution in [2.24, 2.45) is 5.92 Å². The first-order valence-corrected chi connectivity index (χ1v) is 11.2. The largest absolute Gasteiger partial charge is 0.478 e. The van der Waals surface area contributed by atoms with Gasteiger partial charge >= 0.3 is 5.97 Å². The number of amides is 1. The van der Waals surface area contributed by atoms with E-state index in [-0.39, 0.29) is 5.92 Å². The molecule has 3 fully saturated rings. The van der Waals surface area contributed by atoms with Crippen molar-refractivity contribution in [1.29, 1.82) is 0 Å². The molecule has 0 saturated carbocycles. The summed E-state index contributed by atoms with van der Waals surface area (Å²) in [5.41, 5.74) is 1.51. The van der Waals surface area contributed by atoms with Gasteiger partial charge in [-0.25, -0.2) is 4.79 Å². The maximum absolute atomic E-state index is 12.8. The van der Waals surface area contributed by atoms with E-state index in [4.69, 9.17) is 5.11 Å². The molecule has 29 heavy (non-hydrogen) atoms. The van der Waals surface area contributed by atoms with E-state index in [0.29, 0.717) is 17.5 Å². The highest BCUT2D eigenvalue weighted by Gasteiger charge is 2.34. The standard InChI is InChI=1S/C23H33N3O3/c27-22(25-11-1-2-12-25)20-4-3-13-26(17-20)21-9-14-24(15-10-21)16-18-5-7-19(8-6-18)23(28)29/h5-8,20-21H,1-4,9-17H2,(H,28,29). The van der Waals surface area contributed by atoms with Gasteiger partial charge < -0.3 is 10.0 Å². The van der Waals surface area contributed by atoms with Crippen LogP contribution in [0, 0.1) is 5.92 Å². The van der Waals surface area contributed by atoms with Crippen LogP contribution in [0.15, 0.2) is 24.3 Å². The van der Waals surface area contributed by atoms with Crippen molar-refractivity contribution in [3.8, 4) is 0 Å². The van der Waals surface area contributed by atoms with E-state index in [9.17, 15) is 9.59 Å². The van der Waals surface area contributed by atoms with Gasteiger partial charge in [0.1, 0.15) is 0 Å². The number of carboxylic acid groups (broad SMARTS) is 1. The number of hydrogen-bond acceptors (Lipinski definition) is 4. The van der Waals surface area contributed by atoms with Gasteiger partial charge in [0.25, 0.3) is 0 Å². The average molecular weight is 400 g/mol. The van der Waals surface area contributed by atoms with Gasteiger partial charge in [-0.15, -0.1) is 0 Å². The topological polar surface area (TPSA) is 64.1 Å². The fourth-order valence-corrected chi connectivity index (χ4v) is 5.19. The molecule has 0 radical (unpaired) electrons. The van der Waals surface area contributed by atoms with Crippen LogP contribution in [-0.2, 0) is 11.3 Å². The highest BCUT2D eigenvalue weighted by atomic mass is 16.4. The Labute approximate surface area is 173 Å². The number of carbonyl (C=O) groups is 2. The molecule has 0 spiro atoms. The lowest BCUT2D eigenvalue weighted by molar-refractivity contribution is -0.136. The van der Waals surface area contributed by atoms with E-state index in [1.54, 1.807) is 12.1 Å². The van der Waals surface area contributed by atoms with Crippen molar-refractivity contribution in [3.05, 3.63) is 35.4 Å². The Hall–Kier alpha value is -1.92. The van der Waals surface area contributed by atoms with Gasteiger partial charge in [0.05, 0.1) is 11.5 Å². The molecule has 0 aromatic heterocycles. The number of likely N-dealkylation sites (tertiary alicyclic amines) is 3. The van der Waals surface area contributed by atoms with Gasteiger partial charge in [0, 0.05) is 32.2 Å². The van der Waals surface area contributed by atoms with E-state index in [1.165, 1.54) is 18.4 Å². The Bertz CT molecular complexity index is 707. The van der Waals surface area contributed by atoms with Crippen molar-refractivity contribution >= 4 is 11.9 Å². The predicted octanol–water partition coefficient (Wildman–Crippen LogP) is 2.68. The third kappa shape index (κ3) is 4.98. The summed E-state index contributed by atoms with van der Waals surface area (Å²) in [6.07, 6.45) is 6.83. The van der Waals surface area contributed by atoms with Crippen LogP contribution in [0.3, 0.4) is 0 Å². The van der Waals surface area contributed by atoms with E-state index < -0.39 is 5.97 Å². The zero-order valence-electron chi connectivity index (χ0n) is 17.3. The molecule has 4 rings (SSSR count). The molecule has 1 aromatic rings. The normalized spacial score (nSPS) is 24.7. The fraction of sp³-hybridized carbons (Fsp3) is 0.652. The molecule has 3 saturated heterocycles. The number of rotatable bonds is 5. The molecule has 158 valence electrons. The second-order valence-electron chi connectivity index (χ2n) is 8.88. The van der Waals surface area contributed by atoms with E-state index in [0.717, 1.165) is 71.5 Å². The van der Waals surface area contributed by atoms with Crippen LogP contribution in [0.4, 0.5) is 0 Å². The Morgan fingerprint density at radius 3 is 2.24 bits per heavy atom. The lowest BCUT2D eigenvalue weighted by Crippen LogP contribution is -2.51. The number of aromatic carboxylic acids is 1. The Morgan fingerprint density at radius 2 is 1.59 bits per heavy atom. The van der Waals surface area contributed by atoms with E-state index >= 15 is 0 Å². The number of hydrogen-bond donors (Lipinski definition) is 1. The fourth-order valence-electron chi connectivity index (χ4n) is 5.19. The number of benzene rings is 1. The van der Waals surface area contributed by atoms with Crippen LogP contribution in [0.2, 0.25) is 0 Å². The molecule has 1 atom stereocenters. The summed E-state index contributed by atoms with van der Waals surface area (Å²) in [7, 11) is 0. The molecule has 6 heteroatoms. The summed E-state index contributed by atoms with van der Waals surface area (Å²) in [5, 5.41) is 9.03. The second-order valence-corrected chi connectivity index (χ2v) is 8.88. The first kappa shape index (κ1) is 20.4. The molecular formula is C23H33N3O3. The second kappa shape index (κ2) is 9.26. The van der Waals surface area contributed by atoms with Crippen molar-refractivity contribution in [2.75, 3.05) is 39.3 Å². The zero-order valence-corrected chi connectivity index (χ0v) is 17.3. The summed E-state index contributed by atoms with van der Waals surface area (Å²) < 4.78 is 0. The maximum atomic E-state index is 12.8. The molecule has 0 aliphatic carbocycles. The van der Waals surface area contributed by atoms with E-state index in [1.807, 2.05) is 12.1 Å². The first-order chi connectivity index (χ1) is 14.1. The maximum Gasteiger partial charge on any atom is 0.335 e. The van der Waals surface area contributed by atoms with Crippen LogP contribution in [-0.4, -0.2) is 77.0 Å². The van der Waals surface area contributed by atoms with Gasteiger partial charge in [0.15, 0.2) is 0 Å². The van der Waals surface area contributed by atoms with Crippen LogP contribution in [0.1, 0.15) is 54.4 Å². The number of piperidine rings is 2. The highest BCUT2D eigenvalue weighted by molar-refractivity contribution is 5.87. The summed E-state index contributed by atoms with van der Waals surface area (Å²) in [6.45, 7) is 6.99. The molecule has 3 aliphatic rings. The third-order valence-corrected chi connectivity index (χ3v) is 6.90. The van der Waals surface area contributed by atoms with Crippen molar-refractivity contribution in [3.63, 3.8) is 0 Å². The van der Waals surface area contributed by atoms with Crippen molar-refractivity contribution in [2.45, 2.75) is 51.1 Å². The van der Waals surface area contributed by atoms with Gasteiger partial charge in [-0.2, -0.15) is 0 Å². The Kier molecular flexibility index (Phi) is 6.50. The average Bonchev–Trinajstić information content (AvgIpc) is 3.29. The molecule has 6 nitrogen and oxygen atoms in total. The molecule has 1 amide bonds. The molecule has 1 unspecified atom stereocenters. The first-order valence-electron chi connectivity index (χ1n) is 11.2. The van der Waals surface area contributed by atoms with Gasteiger partial charge in [-0.1, -0.05) is 12.1 Å². The van der Waals surface area contributed by atoms with Crippen LogP contribution < -0.4 is 0 Å². The van der Waals surface area contributed by atoms with Crippen molar-refractivity contribution < 1.29 is 14.7 Å². The van der Waals surface area contributed by atoms with Crippen LogP contribution >= 0.6 is 0 Å². The molecule has 3 aliphatic heterocycles. The number of carbonyl (C=O) groups excluding carboxylic acids is 1. The number of nitrogens with zero attached hydrogens (tertiary/aromatic N) is 3.